The molecule has 20 heavy (non-hydrogen) atoms. The highest BCUT2D eigenvalue weighted by molar-refractivity contribution is 6.31. The van der Waals surface area contributed by atoms with Gasteiger partial charge in [-0.05, 0) is 25.0 Å². The third kappa shape index (κ3) is 2.57. The lowest BCUT2D eigenvalue weighted by Gasteiger charge is -2.31. The smallest absolute Gasteiger partial charge is 0.391 e. The summed E-state index contributed by atoms with van der Waals surface area (Å²) in [5.41, 5.74) is 1.20. The van der Waals surface area contributed by atoms with Gasteiger partial charge < -0.3 is 9.32 Å². The second-order valence-electron chi connectivity index (χ2n) is 4.91. The Bertz CT molecular complexity index is 618. The molecule has 2 aromatic rings. The molecule has 1 aliphatic rings. The van der Waals surface area contributed by atoms with Crippen LogP contribution < -0.4 is 4.90 Å². The highest BCUT2D eigenvalue weighted by Crippen LogP contribution is 2.35. The Labute approximate surface area is 118 Å². The van der Waals surface area contributed by atoms with Crippen molar-refractivity contribution in [3.05, 3.63) is 23.2 Å². The molecule has 0 unspecified atom stereocenters. The molecule has 0 amide bonds. The third-order valence-corrected chi connectivity index (χ3v) is 3.80. The van der Waals surface area contributed by atoms with Gasteiger partial charge in [0.2, 0.25) is 0 Å². The standard InChI is InChI=1S/C13H12ClF3N2O/c14-9-1-2-10-11(7-9)20-12(18-10)19-5-3-8(4-6-19)13(15,16)17/h1-2,7-8H,3-6H2. The first-order valence-electron chi connectivity index (χ1n) is 6.31. The predicted octanol–water partition coefficient (Wildman–Crippen LogP) is 4.26. The zero-order valence-electron chi connectivity index (χ0n) is 10.5. The average molecular weight is 305 g/mol. The van der Waals surface area contributed by atoms with Crippen molar-refractivity contribution in [3.8, 4) is 0 Å². The van der Waals surface area contributed by atoms with Gasteiger partial charge in [0.25, 0.3) is 6.01 Å². The fraction of sp³-hybridized carbons (Fsp3) is 0.462. The molecule has 3 nitrogen and oxygen atoms in total. The molecule has 0 aliphatic carbocycles. The largest absolute Gasteiger partial charge is 0.423 e. The van der Waals surface area contributed by atoms with Gasteiger partial charge >= 0.3 is 6.18 Å². The lowest BCUT2D eigenvalue weighted by molar-refractivity contribution is -0.179. The van der Waals surface area contributed by atoms with Crippen molar-refractivity contribution in [2.24, 2.45) is 5.92 Å². The number of rotatable bonds is 1. The first kappa shape index (κ1) is 13.5. The number of anilines is 1. The van der Waals surface area contributed by atoms with Crippen LogP contribution in [0.5, 0.6) is 0 Å². The Hall–Kier alpha value is -1.43. The van der Waals surface area contributed by atoms with E-state index in [4.69, 9.17) is 16.0 Å². The summed E-state index contributed by atoms with van der Waals surface area (Å²) < 4.78 is 43.4. The Morgan fingerprint density at radius 1 is 1.25 bits per heavy atom. The van der Waals surface area contributed by atoms with E-state index in [1.807, 2.05) is 0 Å². The van der Waals surface area contributed by atoms with Gasteiger partial charge in [-0.25, -0.2) is 0 Å². The molecule has 3 rings (SSSR count). The zero-order valence-corrected chi connectivity index (χ0v) is 11.2. The van der Waals surface area contributed by atoms with Crippen molar-refractivity contribution in [2.75, 3.05) is 18.0 Å². The predicted molar refractivity (Wildman–Crippen MR) is 70.0 cm³/mol. The van der Waals surface area contributed by atoms with E-state index in [9.17, 15) is 13.2 Å². The van der Waals surface area contributed by atoms with Crippen molar-refractivity contribution in [2.45, 2.75) is 19.0 Å². The Morgan fingerprint density at radius 3 is 2.60 bits per heavy atom. The average Bonchev–Trinajstić information content (AvgIpc) is 2.80. The number of hydrogen-bond acceptors (Lipinski definition) is 3. The monoisotopic (exact) mass is 304 g/mol. The number of nitrogens with zero attached hydrogens (tertiary/aromatic N) is 2. The second-order valence-corrected chi connectivity index (χ2v) is 5.35. The minimum absolute atomic E-state index is 0.0724. The van der Waals surface area contributed by atoms with Gasteiger partial charge in [0.15, 0.2) is 5.58 Å². The highest BCUT2D eigenvalue weighted by Gasteiger charge is 2.41. The van der Waals surface area contributed by atoms with Gasteiger partial charge in [-0.1, -0.05) is 11.6 Å². The number of halogens is 4. The lowest BCUT2D eigenvalue weighted by atomic mass is 9.97. The first-order chi connectivity index (χ1) is 9.43. The summed E-state index contributed by atoms with van der Waals surface area (Å²) in [5.74, 6) is -1.22. The number of hydrogen-bond donors (Lipinski definition) is 0. The third-order valence-electron chi connectivity index (χ3n) is 3.57. The molecule has 0 spiro atoms. The summed E-state index contributed by atoms with van der Waals surface area (Å²) >= 11 is 5.86. The van der Waals surface area contributed by atoms with Crippen LogP contribution in [-0.4, -0.2) is 24.2 Å². The van der Waals surface area contributed by atoms with Crippen LogP contribution in [0.2, 0.25) is 5.02 Å². The minimum Gasteiger partial charge on any atom is -0.423 e. The molecule has 0 radical (unpaired) electrons. The number of benzene rings is 1. The Kier molecular flexibility index (Phi) is 3.28. The van der Waals surface area contributed by atoms with Crippen LogP contribution in [0.1, 0.15) is 12.8 Å². The van der Waals surface area contributed by atoms with E-state index in [1.165, 1.54) is 0 Å². The maximum Gasteiger partial charge on any atom is 0.391 e. The molecule has 0 N–H and O–H groups in total. The number of piperidine rings is 1. The van der Waals surface area contributed by atoms with Crippen molar-refractivity contribution in [1.82, 2.24) is 4.98 Å². The molecule has 1 fully saturated rings. The molecule has 1 aromatic carbocycles. The quantitative estimate of drug-likeness (QED) is 0.788. The van der Waals surface area contributed by atoms with Crippen LogP contribution in [-0.2, 0) is 0 Å². The molecule has 7 heteroatoms. The van der Waals surface area contributed by atoms with Crippen molar-refractivity contribution < 1.29 is 17.6 Å². The van der Waals surface area contributed by atoms with Crippen LogP contribution >= 0.6 is 11.6 Å². The number of aromatic nitrogens is 1. The van der Waals surface area contributed by atoms with Crippen molar-refractivity contribution in [3.63, 3.8) is 0 Å². The van der Waals surface area contributed by atoms with E-state index in [0.29, 0.717) is 35.2 Å². The fourth-order valence-electron chi connectivity index (χ4n) is 2.42. The van der Waals surface area contributed by atoms with E-state index < -0.39 is 12.1 Å². The maximum absolute atomic E-state index is 12.6. The normalized spacial score (nSPS) is 17.9. The van der Waals surface area contributed by atoms with Crippen LogP contribution in [0.25, 0.3) is 11.1 Å². The van der Waals surface area contributed by atoms with Crippen molar-refractivity contribution in [1.29, 1.82) is 0 Å². The Balaban J connectivity index is 1.76. The number of fused-ring (bicyclic) bond motifs is 1. The maximum atomic E-state index is 12.6. The number of alkyl halides is 3. The summed E-state index contributed by atoms with van der Waals surface area (Å²) in [6.45, 7) is 0.593. The summed E-state index contributed by atoms with van der Waals surface area (Å²) in [5, 5.41) is 0.538. The lowest BCUT2D eigenvalue weighted by Crippen LogP contribution is -2.39. The summed E-state index contributed by atoms with van der Waals surface area (Å²) in [6, 6.07) is 5.44. The summed E-state index contributed by atoms with van der Waals surface area (Å²) in [4.78, 5) is 6.03. The van der Waals surface area contributed by atoms with Crippen LogP contribution in [0.3, 0.4) is 0 Å². The molecule has 0 atom stereocenters. The van der Waals surface area contributed by atoms with Crippen LogP contribution in [0, 0.1) is 5.92 Å². The molecule has 1 aromatic heterocycles. The van der Waals surface area contributed by atoms with Crippen LogP contribution in [0.15, 0.2) is 22.6 Å². The van der Waals surface area contributed by atoms with E-state index >= 15 is 0 Å². The van der Waals surface area contributed by atoms with Gasteiger partial charge in [0.1, 0.15) is 5.52 Å². The summed E-state index contributed by atoms with van der Waals surface area (Å²) in [6.07, 6.45) is -3.97. The fourth-order valence-corrected chi connectivity index (χ4v) is 2.58. The van der Waals surface area contributed by atoms with E-state index in [-0.39, 0.29) is 12.8 Å². The molecule has 1 saturated heterocycles. The van der Waals surface area contributed by atoms with Crippen LogP contribution in [0.4, 0.5) is 19.2 Å². The topological polar surface area (TPSA) is 29.3 Å². The molecular weight excluding hydrogens is 293 g/mol. The second kappa shape index (κ2) is 4.84. The summed E-state index contributed by atoms with van der Waals surface area (Å²) in [7, 11) is 0. The van der Waals surface area contributed by atoms with E-state index in [1.54, 1.807) is 23.1 Å². The highest BCUT2D eigenvalue weighted by atomic mass is 35.5. The molecular formula is C13H12ClF3N2O. The molecule has 2 heterocycles. The molecule has 0 bridgehead atoms. The van der Waals surface area contributed by atoms with Gasteiger partial charge in [-0.3, -0.25) is 0 Å². The number of oxazole rings is 1. The van der Waals surface area contributed by atoms with Gasteiger partial charge in [-0.2, -0.15) is 18.2 Å². The minimum atomic E-state index is -4.11. The van der Waals surface area contributed by atoms with Gasteiger partial charge in [-0.15, -0.1) is 0 Å². The van der Waals surface area contributed by atoms with Gasteiger partial charge in [0, 0.05) is 24.2 Å². The van der Waals surface area contributed by atoms with Crippen molar-refractivity contribution >= 4 is 28.7 Å². The SMILES string of the molecule is FC(F)(F)C1CCN(c2nc3ccc(Cl)cc3o2)CC1. The molecule has 0 saturated carbocycles. The van der Waals surface area contributed by atoms with E-state index in [0.717, 1.165) is 0 Å². The van der Waals surface area contributed by atoms with Gasteiger partial charge in [0.05, 0.1) is 5.92 Å². The van der Waals surface area contributed by atoms with E-state index in [2.05, 4.69) is 4.98 Å². The molecule has 108 valence electrons. The Morgan fingerprint density at radius 2 is 1.95 bits per heavy atom. The first-order valence-corrected chi connectivity index (χ1v) is 6.69. The zero-order chi connectivity index (χ0) is 14.3. The molecule has 1 aliphatic heterocycles.